The Morgan fingerprint density at radius 2 is 0.860 bits per heavy atom. The van der Waals surface area contributed by atoms with Gasteiger partial charge in [0, 0.05) is 47.7 Å². The van der Waals surface area contributed by atoms with E-state index in [4.69, 9.17) is 26.0 Å². The average molecular weight is 810 g/mol. The number of unbranched alkanes of at least 4 members (excludes halogenated alkanes) is 2. The van der Waals surface area contributed by atoms with Gasteiger partial charge in [-0.15, -0.1) is 0 Å². The van der Waals surface area contributed by atoms with Crippen LogP contribution >= 0.6 is 0 Å². The van der Waals surface area contributed by atoms with Crippen molar-refractivity contribution in [3.63, 3.8) is 0 Å². The average Bonchev–Trinajstić information content (AvgIpc) is 3.12. The lowest BCUT2D eigenvalue weighted by atomic mass is 10.1. The van der Waals surface area contributed by atoms with Crippen molar-refractivity contribution in [3.8, 4) is 0 Å². The summed E-state index contributed by atoms with van der Waals surface area (Å²) in [6.07, 6.45) is -1.52. The summed E-state index contributed by atoms with van der Waals surface area (Å²) in [4.78, 5) is 120. The van der Waals surface area contributed by atoms with Crippen LogP contribution in [0.2, 0.25) is 0 Å². The first-order chi connectivity index (χ1) is 26.8. The molecule has 0 saturated heterocycles. The van der Waals surface area contributed by atoms with Gasteiger partial charge in [0.25, 0.3) is 11.8 Å². The van der Waals surface area contributed by atoms with E-state index in [0.29, 0.717) is 0 Å². The molecule has 4 atom stereocenters. The van der Waals surface area contributed by atoms with Crippen LogP contribution in [-0.4, -0.2) is 128 Å². The topological polar surface area (TPSA) is 413 Å². The van der Waals surface area contributed by atoms with E-state index < -0.39 is 110 Å². The van der Waals surface area contributed by atoms with Crippen LogP contribution < -0.4 is 31.9 Å². The summed E-state index contributed by atoms with van der Waals surface area (Å²) < 4.78 is 0. The van der Waals surface area contributed by atoms with E-state index in [9.17, 15) is 58.2 Å². The van der Waals surface area contributed by atoms with Crippen LogP contribution in [-0.2, 0) is 28.8 Å². The molecule has 0 aliphatic heterocycles. The molecule has 1 rings (SSSR count). The van der Waals surface area contributed by atoms with Gasteiger partial charge in [-0.25, -0.2) is 28.8 Å². The van der Waals surface area contributed by atoms with Crippen molar-refractivity contribution in [3.05, 3.63) is 39.8 Å². The van der Waals surface area contributed by atoms with Gasteiger partial charge in [-0.1, -0.05) is 5.11 Å². The van der Waals surface area contributed by atoms with Crippen LogP contribution in [0.5, 0.6) is 0 Å². The molecule has 0 aliphatic carbocycles. The minimum Gasteiger partial charge on any atom is -0.481 e. The fraction of sp³-hybridized carbons (Fsp3) is 0.500. The molecule has 0 radical (unpaired) electrons. The van der Waals surface area contributed by atoms with Crippen molar-refractivity contribution in [2.45, 2.75) is 88.4 Å². The summed E-state index contributed by atoms with van der Waals surface area (Å²) in [5, 5.41) is 71.5. The Bertz CT molecular complexity index is 1610. The quantitative estimate of drug-likeness (QED) is 0.0250. The number of urea groups is 2. The van der Waals surface area contributed by atoms with E-state index >= 15 is 0 Å². The van der Waals surface area contributed by atoms with Crippen LogP contribution in [0.15, 0.2) is 23.3 Å². The second kappa shape index (κ2) is 25.0. The van der Waals surface area contributed by atoms with Crippen molar-refractivity contribution in [1.82, 2.24) is 31.9 Å². The van der Waals surface area contributed by atoms with Crippen molar-refractivity contribution >= 4 is 65.4 Å². The van der Waals surface area contributed by atoms with Crippen LogP contribution in [0.3, 0.4) is 0 Å². The highest BCUT2D eigenvalue weighted by Crippen LogP contribution is 2.19. The highest BCUT2D eigenvalue weighted by atomic mass is 16.4. The Labute approximate surface area is 322 Å². The van der Waals surface area contributed by atoms with Crippen molar-refractivity contribution in [2.24, 2.45) is 5.11 Å². The number of carboxylic acids is 6. The number of azide groups is 1. The fourth-order valence-electron chi connectivity index (χ4n) is 4.82. The minimum absolute atomic E-state index is 0.000360. The predicted octanol–water partition coefficient (Wildman–Crippen LogP) is 0.569. The predicted molar refractivity (Wildman–Crippen MR) is 190 cm³/mol. The van der Waals surface area contributed by atoms with Crippen LogP contribution in [0, 0.1) is 0 Å². The maximum Gasteiger partial charge on any atom is 0.326 e. The van der Waals surface area contributed by atoms with E-state index in [0.717, 1.165) is 0 Å². The normalized spacial score (nSPS) is 12.5. The molecule has 25 heteroatoms. The zero-order valence-corrected chi connectivity index (χ0v) is 30.1. The summed E-state index contributed by atoms with van der Waals surface area (Å²) >= 11 is 0. The summed E-state index contributed by atoms with van der Waals surface area (Å²) in [7, 11) is 0. The highest BCUT2D eigenvalue weighted by Gasteiger charge is 2.26. The number of carbonyl (C=O) groups excluding carboxylic acids is 4. The van der Waals surface area contributed by atoms with Gasteiger partial charge in [0.05, 0.1) is 0 Å². The standard InChI is InChI=1S/C32H43N9O16/c33-41-40-18-14-16(25(46)34-11-3-1-5-19(27(48)49)36-31(56)38-21(29(52)53)7-9-23(42)43)13-17(15-18)26(47)35-12-4-2-6-20(28(50)51)37-32(57)39-22(30(54)55)8-10-24(44)45/h13-15,19-22H,1-12H2,(H,34,46)(H,35,47)(H,42,43)(H,44,45)(H,48,49)(H,50,51)(H,52,53)(H,54,55)(H2,36,38,56)(H2,37,39,57)/t19-,20-,21-,22-/m0/s1. The molecule has 0 fully saturated rings. The van der Waals surface area contributed by atoms with Crippen molar-refractivity contribution in [1.29, 1.82) is 0 Å². The van der Waals surface area contributed by atoms with Crippen molar-refractivity contribution in [2.75, 3.05) is 13.1 Å². The molecule has 0 unspecified atom stereocenters. The number of nitrogens with one attached hydrogen (secondary N) is 6. The van der Waals surface area contributed by atoms with E-state index in [1.54, 1.807) is 0 Å². The Balaban J connectivity index is 2.69. The van der Waals surface area contributed by atoms with Gasteiger partial charge in [-0.3, -0.25) is 19.2 Å². The molecular weight excluding hydrogens is 766 g/mol. The second-order valence-electron chi connectivity index (χ2n) is 12.1. The lowest BCUT2D eigenvalue weighted by Crippen LogP contribution is -2.51. The Kier molecular flexibility index (Phi) is 21.0. The van der Waals surface area contributed by atoms with Crippen LogP contribution in [0.25, 0.3) is 10.4 Å². The number of hydrogen-bond acceptors (Lipinski definition) is 11. The zero-order chi connectivity index (χ0) is 43.1. The summed E-state index contributed by atoms with van der Waals surface area (Å²) in [5.74, 6) is -9.86. The molecule has 1 aromatic carbocycles. The molecule has 0 spiro atoms. The van der Waals surface area contributed by atoms with E-state index in [-0.39, 0.29) is 68.4 Å². The number of nitrogens with zero attached hydrogens (tertiary/aromatic N) is 3. The molecular formula is C32H43N9O16. The highest BCUT2D eigenvalue weighted by molar-refractivity contribution is 6.01. The molecule has 57 heavy (non-hydrogen) atoms. The van der Waals surface area contributed by atoms with Gasteiger partial charge in [0.15, 0.2) is 0 Å². The van der Waals surface area contributed by atoms with Crippen molar-refractivity contribution < 1.29 is 78.6 Å². The van der Waals surface area contributed by atoms with E-state index in [2.05, 4.69) is 31.3 Å². The third-order valence-electron chi connectivity index (χ3n) is 7.72. The molecule has 0 saturated carbocycles. The van der Waals surface area contributed by atoms with Gasteiger partial charge in [0.2, 0.25) is 0 Å². The fourth-order valence-corrected chi connectivity index (χ4v) is 4.82. The number of rotatable bonds is 27. The summed E-state index contributed by atoms with van der Waals surface area (Å²) in [6.45, 7) is -0.000719. The monoisotopic (exact) mass is 809 g/mol. The molecule has 312 valence electrons. The lowest BCUT2D eigenvalue weighted by Gasteiger charge is -2.18. The summed E-state index contributed by atoms with van der Waals surface area (Å²) in [5.41, 5.74) is 8.65. The molecule has 0 aromatic heterocycles. The Hall–Kier alpha value is -7.17. The van der Waals surface area contributed by atoms with Crippen LogP contribution in [0.4, 0.5) is 15.3 Å². The Morgan fingerprint density at radius 3 is 1.16 bits per heavy atom. The minimum atomic E-state index is -1.57. The molecule has 0 heterocycles. The van der Waals surface area contributed by atoms with Gasteiger partial charge < -0.3 is 62.5 Å². The number of hydrogen-bond donors (Lipinski definition) is 12. The van der Waals surface area contributed by atoms with E-state index in [1.165, 1.54) is 18.2 Å². The van der Waals surface area contributed by atoms with Gasteiger partial charge >= 0.3 is 47.9 Å². The summed E-state index contributed by atoms with van der Waals surface area (Å²) in [6, 6.07) is -4.71. The van der Waals surface area contributed by atoms with E-state index in [1.807, 2.05) is 10.6 Å². The number of aliphatic carboxylic acids is 6. The largest absolute Gasteiger partial charge is 0.481 e. The Morgan fingerprint density at radius 1 is 0.526 bits per heavy atom. The first-order valence-electron chi connectivity index (χ1n) is 17.1. The molecule has 1 aromatic rings. The van der Waals surface area contributed by atoms with Gasteiger partial charge in [0.1, 0.15) is 24.2 Å². The molecule has 6 amide bonds. The molecule has 12 N–H and O–H groups in total. The second-order valence-corrected chi connectivity index (χ2v) is 12.1. The van der Waals surface area contributed by atoms with Gasteiger partial charge in [-0.2, -0.15) is 0 Å². The number of amides is 6. The number of carboxylic acid groups (broad SMARTS) is 6. The first-order valence-corrected chi connectivity index (χ1v) is 17.1. The molecule has 25 nitrogen and oxygen atoms in total. The number of benzene rings is 1. The van der Waals surface area contributed by atoms with Crippen LogP contribution in [0.1, 0.15) is 84.9 Å². The third kappa shape index (κ3) is 19.6. The first kappa shape index (κ1) is 47.9. The number of carbonyl (C=O) groups is 10. The third-order valence-corrected chi connectivity index (χ3v) is 7.72. The lowest BCUT2D eigenvalue weighted by molar-refractivity contribution is -0.142. The molecule has 0 aliphatic rings. The zero-order valence-electron chi connectivity index (χ0n) is 30.1. The smallest absolute Gasteiger partial charge is 0.326 e. The van der Waals surface area contributed by atoms with Gasteiger partial charge in [-0.05, 0) is 75.1 Å². The maximum atomic E-state index is 12.9. The molecule has 0 bridgehead atoms. The SMILES string of the molecule is [N-]=[N+]=Nc1cc(C(=O)NCCCC[C@H](NC(=O)N[C@@H](CCC(=O)O)C(=O)O)C(=O)O)cc(C(=O)NCCCC[C@H](NC(=O)N[C@@H](CCC(=O)O)C(=O)O)C(=O)O)c1. The maximum absolute atomic E-state index is 12.9.